The number of halogens is 1. The maximum Gasteiger partial charge on any atom is 0.270 e. The van der Waals surface area contributed by atoms with Crippen molar-refractivity contribution in [1.82, 2.24) is 0 Å². The number of amides is 1. The zero-order valence-electron chi connectivity index (χ0n) is 6.57. The largest absolute Gasteiger partial charge is 0.318 e. The van der Waals surface area contributed by atoms with E-state index in [4.69, 9.17) is 10.7 Å². The minimum atomic E-state index is -3.68. The standard InChI is InChI=1S/C6H6ClNO3S2/c1-4(9)8-5-2-3-6(12-5)13(7,10)11/h2-3H,1H3,(H,8,9). The van der Waals surface area contributed by atoms with Crippen molar-refractivity contribution in [2.24, 2.45) is 0 Å². The summed E-state index contributed by atoms with van der Waals surface area (Å²) in [7, 11) is 1.40. The number of hydrogen-bond donors (Lipinski definition) is 1. The van der Waals surface area contributed by atoms with Crippen molar-refractivity contribution in [1.29, 1.82) is 0 Å². The Morgan fingerprint density at radius 1 is 1.54 bits per heavy atom. The van der Waals surface area contributed by atoms with Gasteiger partial charge >= 0.3 is 0 Å². The van der Waals surface area contributed by atoms with Crippen LogP contribution < -0.4 is 5.32 Å². The molecule has 0 aromatic carbocycles. The second kappa shape index (κ2) is 3.65. The number of nitrogens with one attached hydrogen (secondary N) is 1. The molecule has 0 aliphatic carbocycles. The van der Waals surface area contributed by atoms with Crippen molar-refractivity contribution in [2.45, 2.75) is 11.1 Å². The summed E-state index contributed by atoms with van der Waals surface area (Å²) in [5.74, 6) is -0.250. The molecule has 0 radical (unpaired) electrons. The number of thiophene rings is 1. The molecule has 0 aliphatic rings. The Kier molecular flexibility index (Phi) is 2.94. The first kappa shape index (κ1) is 10.5. The van der Waals surface area contributed by atoms with Gasteiger partial charge in [0.15, 0.2) is 0 Å². The molecule has 0 aliphatic heterocycles. The number of hydrogen-bond acceptors (Lipinski definition) is 4. The van der Waals surface area contributed by atoms with Crippen LogP contribution in [0.3, 0.4) is 0 Å². The van der Waals surface area contributed by atoms with Gasteiger partial charge in [0.1, 0.15) is 4.21 Å². The van der Waals surface area contributed by atoms with Crippen molar-refractivity contribution >= 4 is 42.0 Å². The van der Waals surface area contributed by atoms with Crippen molar-refractivity contribution in [3.63, 3.8) is 0 Å². The van der Waals surface area contributed by atoms with E-state index in [0.29, 0.717) is 5.00 Å². The summed E-state index contributed by atoms with van der Waals surface area (Å²) in [6.45, 7) is 1.34. The molecule has 0 saturated heterocycles. The molecule has 1 amide bonds. The minimum Gasteiger partial charge on any atom is -0.318 e. The van der Waals surface area contributed by atoms with Gasteiger partial charge in [0.25, 0.3) is 9.05 Å². The molecule has 0 unspecified atom stereocenters. The van der Waals surface area contributed by atoms with Crippen LogP contribution in [0.25, 0.3) is 0 Å². The Morgan fingerprint density at radius 2 is 2.15 bits per heavy atom. The Hall–Kier alpha value is -0.590. The van der Waals surface area contributed by atoms with Crippen LogP contribution in [0.5, 0.6) is 0 Å². The topological polar surface area (TPSA) is 63.2 Å². The van der Waals surface area contributed by atoms with E-state index < -0.39 is 9.05 Å². The molecule has 72 valence electrons. The van der Waals surface area contributed by atoms with Crippen molar-refractivity contribution in [2.75, 3.05) is 5.32 Å². The highest BCUT2D eigenvalue weighted by Crippen LogP contribution is 2.28. The van der Waals surface area contributed by atoms with Crippen molar-refractivity contribution < 1.29 is 13.2 Å². The molecule has 13 heavy (non-hydrogen) atoms. The molecular formula is C6H6ClNO3S2. The second-order valence-corrected chi connectivity index (χ2v) is 6.11. The lowest BCUT2D eigenvalue weighted by atomic mass is 10.6. The smallest absolute Gasteiger partial charge is 0.270 e. The van der Waals surface area contributed by atoms with E-state index >= 15 is 0 Å². The first-order valence-corrected chi connectivity index (χ1v) is 6.34. The Bertz CT molecular complexity index is 423. The lowest BCUT2D eigenvalue weighted by molar-refractivity contribution is -0.114. The zero-order chi connectivity index (χ0) is 10.1. The van der Waals surface area contributed by atoms with E-state index in [1.165, 1.54) is 19.1 Å². The molecule has 1 N–H and O–H groups in total. The van der Waals surface area contributed by atoms with Gasteiger partial charge in [-0.3, -0.25) is 4.79 Å². The van der Waals surface area contributed by atoms with Gasteiger partial charge in [0.2, 0.25) is 5.91 Å². The molecule has 1 aromatic heterocycles. The van der Waals surface area contributed by atoms with E-state index in [9.17, 15) is 13.2 Å². The first-order chi connectivity index (χ1) is 5.89. The fraction of sp³-hybridized carbons (Fsp3) is 0.167. The summed E-state index contributed by atoms with van der Waals surface area (Å²) in [5, 5.41) is 2.92. The number of carbonyl (C=O) groups is 1. The number of anilines is 1. The lowest BCUT2D eigenvalue weighted by Crippen LogP contribution is -2.03. The highest BCUT2D eigenvalue weighted by molar-refractivity contribution is 8.15. The van der Waals surface area contributed by atoms with Gasteiger partial charge in [-0.25, -0.2) is 8.42 Å². The van der Waals surface area contributed by atoms with Gasteiger partial charge in [-0.2, -0.15) is 0 Å². The maximum absolute atomic E-state index is 10.8. The minimum absolute atomic E-state index is 0.0258. The molecule has 0 atom stereocenters. The van der Waals surface area contributed by atoms with Crippen LogP contribution >= 0.6 is 22.0 Å². The Labute approximate surface area is 83.9 Å². The highest BCUT2D eigenvalue weighted by Gasteiger charge is 2.13. The summed E-state index contributed by atoms with van der Waals surface area (Å²) in [4.78, 5) is 10.6. The molecular weight excluding hydrogens is 234 g/mol. The summed E-state index contributed by atoms with van der Waals surface area (Å²) in [6.07, 6.45) is 0. The van der Waals surface area contributed by atoms with Crippen molar-refractivity contribution in [3.8, 4) is 0 Å². The summed E-state index contributed by atoms with van der Waals surface area (Å²) in [5.41, 5.74) is 0. The van der Waals surface area contributed by atoms with Crippen LogP contribution in [-0.2, 0) is 13.8 Å². The van der Waals surface area contributed by atoms with Crippen LogP contribution in [0.15, 0.2) is 16.3 Å². The first-order valence-electron chi connectivity index (χ1n) is 3.21. The third-order valence-electron chi connectivity index (χ3n) is 1.12. The molecule has 0 spiro atoms. The number of carbonyl (C=O) groups excluding carboxylic acids is 1. The van der Waals surface area contributed by atoms with E-state index in [2.05, 4.69) is 5.32 Å². The third-order valence-corrected chi connectivity index (χ3v) is 4.21. The quantitative estimate of drug-likeness (QED) is 0.798. The average Bonchev–Trinajstić information content (AvgIpc) is 2.32. The fourth-order valence-electron chi connectivity index (χ4n) is 0.692. The Balaban J connectivity index is 2.94. The molecule has 0 bridgehead atoms. The normalized spacial score (nSPS) is 11.2. The molecule has 4 nitrogen and oxygen atoms in total. The predicted molar refractivity (Wildman–Crippen MR) is 51.7 cm³/mol. The zero-order valence-corrected chi connectivity index (χ0v) is 8.96. The van der Waals surface area contributed by atoms with Crippen LogP contribution in [0.1, 0.15) is 6.92 Å². The van der Waals surface area contributed by atoms with Crippen LogP contribution in [0.4, 0.5) is 5.00 Å². The summed E-state index contributed by atoms with van der Waals surface area (Å²) in [6, 6.07) is 2.83. The van der Waals surface area contributed by atoms with E-state index in [0.717, 1.165) is 11.3 Å². The average molecular weight is 240 g/mol. The molecule has 1 aromatic rings. The van der Waals surface area contributed by atoms with E-state index in [1.54, 1.807) is 0 Å². The summed E-state index contributed by atoms with van der Waals surface area (Å²) < 4.78 is 21.6. The van der Waals surface area contributed by atoms with Crippen LogP contribution in [0.2, 0.25) is 0 Å². The molecule has 1 heterocycles. The number of rotatable bonds is 2. The fourth-order valence-corrected chi connectivity index (χ4v) is 2.71. The molecule has 0 saturated carbocycles. The van der Waals surface area contributed by atoms with E-state index in [-0.39, 0.29) is 10.1 Å². The van der Waals surface area contributed by atoms with Gasteiger partial charge in [-0.1, -0.05) is 0 Å². The second-order valence-electron chi connectivity index (χ2n) is 2.24. The molecule has 0 fully saturated rings. The van der Waals surface area contributed by atoms with Gasteiger partial charge < -0.3 is 5.32 Å². The van der Waals surface area contributed by atoms with E-state index in [1.807, 2.05) is 0 Å². The Morgan fingerprint density at radius 3 is 2.54 bits per heavy atom. The third kappa shape index (κ3) is 2.98. The predicted octanol–water partition coefficient (Wildman–Crippen LogP) is 1.63. The maximum atomic E-state index is 10.8. The van der Waals surface area contributed by atoms with Gasteiger partial charge in [0.05, 0.1) is 5.00 Å². The monoisotopic (exact) mass is 239 g/mol. The van der Waals surface area contributed by atoms with Gasteiger partial charge in [-0.05, 0) is 12.1 Å². The van der Waals surface area contributed by atoms with Crippen LogP contribution in [0, 0.1) is 0 Å². The molecule has 1 rings (SSSR count). The SMILES string of the molecule is CC(=O)Nc1ccc(S(=O)(=O)Cl)s1. The molecule has 7 heteroatoms. The lowest BCUT2D eigenvalue weighted by Gasteiger charge is -1.93. The van der Waals surface area contributed by atoms with Crippen molar-refractivity contribution in [3.05, 3.63) is 12.1 Å². The van der Waals surface area contributed by atoms with Crippen LogP contribution in [-0.4, -0.2) is 14.3 Å². The van der Waals surface area contributed by atoms with Gasteiger partial charge in [0, 0.05) is 17.6 Å². The highest BCUT2D eigenvalue weighted by atomic mass is 35.7. The van der Waals surface area contributed by atoms with Gasteiger partial charge in [-0.15, -0.1) is 11.3 Å². The summed E-state index contributed by atoms with van der Waals surface area (Å²) >= 11 is 0.916.